The number of thioether (sulfide) groups is 1. The van der Waals surface area contributed by atoms with Crippen molar-refractivity contribution in [3.63, 3.8) is 0 Å². The molecule has 4 nitrogen and oxygen atoms in total. The number of halogens is 1. The summed E-state index contributed by atoms with van der Waals surface area (Å²) in [5, 5.41) is 0. The van der Waals surface area contributed by atoms with Crippen molar-refractivity contribution < 1.29 is 17.7 Å². The molecule has 0 radical (unpaired) electrons. The van der Waals surface area contributed by atoms with Crippen LogP contribution in [0.2, 0.25) is 0 Å². The van der Waals surface area contributed by atoms with E-state index in [9.17, 15) is 12.8 Å². The predicted molar refractivity (Wildman–Crippen MR) is 103 cm³/mol. The number of nitrogens with one attached hydrogen (secondary N) is 1. The Morgan fingerprint density at radius 1 is 1.08 bits per heavy atom. The molecule has 0 saturated carbocycles. The van der Waals surface area contributed by atoms with E-state index in [4.69, 9.17) is 0 Å². The maximum Gasteiger partial charge on any atom is 0.246 e. The quantitative estimate of drug-likeness (QED) is 0.759. The third-order valence-electron chi connectivity index (χ3n) is 4.63. The van der Waals surface area contributed by atoms with Crippen LogP contribution >= 0.6 is 11.8 Å². The van der Waals surface area contributed by atoms with Gasteiger partial charge >= 0.3 is 0 Å². The number of quaternary nitrogens is 1. The highest BCUT2D eigenvalue weighted by Crippen LogP contribution is 2.19. The fraction of sp³-hybridized carbons (Fsp3) is 0.368. The maximum absolute atomic E-state index is 13.9. The fourth-order valence-electron chi connectivity index (χ4n) is 3.03. The van der Waals surface area contributed by atoms with Crippen molar-refractivity contribution in [2.24, 2.45) is 0 Å². The summed E-state index contributed by atoms with van der Waals surface area (Å²) in [4.78, 5) is 2.43. The van der Waals surface area contributed by atoms with E-state index in [-0.39, 0.29) is 4.90 Å². The molecule has 0 aromatic heterocycles. The standard InChI is InChI=1S/C19H23FN2O2S2/c1-16-6-8-17(9-7-16)25-15-14-21-10-12-22(13-11-21)26(23,24)19-5-3-2-4-18(19)20/h2-9H,10-15H2,1H3/p+1. The van der Waals surface area contributed by atoms with E-state index in [1.165, 1.54) is 37.9 Å². The SMILES string of the molecule is Cc1ccc(SCC[NH+]2CCN(S(=O)(=O)c3ccccc3F)CC2)cc1. The van der Waals surface area contributed by atoms with Gasteiger partial charge in [0.2, 0.25) is 10.0 Å². The molecule has 0 aliphatic carbocycles. The Morgan fingerprint density at radius 2 is 1.73 bits per heavy atom. The molecule has 0 atom stereocenters. The number of rotatable bonds is 6. The molecular weight excluding hydrogens is 371 g/mol. The van der Waals surface area contributed by atoms with Crippen molar-refractivity contribution in [3.05, 3.63) is 59.9 Å². The molecule has 1 heterocycles. The molecule has 0 bridgehead atoms. The lowest BCUT2D eigenvalue weighted by Crippen LogP contribution is -3.15. The number of hydrogen-bond donors (Lipinski definition) is 1. The van der Waals surface area contributed by atoms with Crippen LogP contribution < -0.4 is 4.90 Å². The van der Waals surface area contributed by atoms with Gasteiger partial charge in [0.25, 0.3) is 0 Å². The van der Waals surface area contributed by atoms with Crippen molar-refractivity contribution in [2.45, 2.75) is 16.7 Å². The Morgan fingerprint density at radius 3 is 2.38 bits per heavy atom. The van der Waals surface area contributed by atoms with Gasteiger partial charge in [0, 0.05) is 10.6 Å². The van der Waals surface area contributed by atoms with Gasteiger partial charge in [-0.15, -0.1) is 11.8 Å². The molecule has 26 heavy (non-hydrogen) atoms. The lowest BCUT2D eigenvalue weighted by Gasteiger charge is -2.31. The molecule has 3 rings (SSSR count). The van der Waals surface area contributed by atoms with Crippen molar-refractivity contribution in [3.8, 4) is 0 Å². The normalized spacial score (nSPS) is 16.7. The summed E-state index contributed by atoms with van der Waals surface area (Å²) in [6.07, 6.45) is 0. The minimum Gasteiger partial charge on any atom is -0.332 e. The smallest absolute Gasteiger partial charge is 0.246 e. The van der Waals surface area contributed by atoms with Crippen LogP contribution in [0.3, 0.4) is 0 Å². The van der Waals surface area contributed by atoms with Gasteiger partial charge < -0.3 is 4.90 Å². The molecule has 1 saturated heterocycles. The molecule has 2 aromatic carbocycles. The van der Waals surface area contributed by atoms with Gasteiger partial charge in [0.1, 0.15) is 10.7 Å². The third kappa shape index (κ3) is 4.65. The van der Waals surface area contributed by atoms with Crippen LogP contribution in [0.25, 0.3) is 0 Å². The van der Waals surface area contributed by atoms with Gasteiger partial charge in [-0.05, 0) is 31.2 Å². The molecule has 1 N–H and O–H groups in total. The Kier molecular flexibility index (Phi) is 6.34. The van der Waals surface area contributed by atoms with Gasteiger partial charge in [0.15, 0.2) is 0 Å². The number of piperazine rings is 1. The topological polar surface area (TPSA) is 41.8 Å². The van der Waals surface area contributed by atoms with E-state index >= 15 is 0 Å². The first-order valence-corrected chi connectivity index (χ1v) is 11.2. The molecule has 1 aliphatic heterocycles. The third-order valence-corrected chi connectivity index (χ3v) is 7.57. The second-order valence-corrected chi connectivity index (χ2v) is 9.57. The van der Waals surface area contributed by atoms with Crippen molar-refractivity contribution in [2.75, 3.05) is 38.5 Å². The van der Waals surface area contributed by atoms with Crippen LogP contribution in [0.1, 0.15) is 5.56 Å². The van der Waals surface area contributed by atoms with Gasteiger partial charge in [-0.1, -0.05) is 29.8 Å². The van der Waals surface area contributed by atoms with Gasteiger partial charge in [-0.2, -0.15) is 4.31 Å². The van der Waals surface area contributed by atoms with Crippen LogP contribution in [0, 0.1) is 12.7 Å². The first-order chi connectivity index (χ1) is 12.5. The summed E-state index contributed by atoms with van der Waals surface area (Å²) in [7, 11) is -3.74. The van der Waals surface area contributed by atoms with Crippen molar-refractivity contribution >= 4 is 21.8 Å². The highest BCUT2D eigenvalue weighted by atomic mass is 32.2. The van der Waals surface area contributed by atoms with E-state index in [1.807, 2.05) is 11.8 Å². The zero-order valence-electron chi connectivity index (χ0n) is 14.8. The lowest BCUT2D eigenvalue weighted by atomic mass is 10.2. The second kappa shape index (κ2) is 8.52. The summed E-state index contributed by atoms with van der Waals surface area (Å²) >= 11 is 1.83. The van der Waals surface area contributed by atoms with Crippen LogP contribution in [-0.2, 0) is 10.0 Å². The molecule has 0 spiro atoms. The highest BCUT2D eigenvalue weighted by molar-refractivity contribution is 7.99. The zero-order valence-corrected chi connectivity index (χ0v) is 16.5. The fourth-order valence-corrected chi connectivity index (χ4v) is 5.49. The number of benzene rings is 2. The van der Waals surface area contributed by atoms with E-state index in [1.54, 1.807) is 6.07 Å². The second-order valence-electron chi connectivity index (χ2n) is 6.50. The Bertz CT molecular complexity index is 833. The molecule has 1 aliphatic rings. The summed E-state index contributed by atoms with van der Waals surface area (Å²) in [5.74, 6) is 0.315. The Balaban J connectivity index is 1.49. The summed E-state index contributed by atoms with van der Waals surface area (Å²) in [6, 6.07) is 14.1. The van der Waals surface area contributed by atoms with Crippen LogP contribution in [0.5, 0.6) is 0 Å². The van der Waals surface area contributed by atoms with E-state index in [0.29, 0.717) is 13.1 Å². The number of aryl methyl sites for hydroxylation is 1. The van der Waals surface area contributed by atoms with Gasteiger partial charge in [-0.3, -0.25) is 0 Å². The average Bonchev–Trinajstić information content (AvgIpc) is 2.64. The summed E-state index contributed by atoms with van der Waals surface area (Å²) in [5.41, 5.74) is 1.26. The first-order valence-electron chi connectivity index (χ1n) is 8.74. The van der Waals surface area contributed by atoms with Gasteiger partial charge in [0.05, 0.1) is 32.7 Å². The van der Waals surface area contributed by atoms with Crippen LogP contribution in [-0.4, -0.2) is 51.2 Å². The predicted octanol–water partition coefficient (Wildman–Crippen LogP) is 1.82. The zero-order chi connectivity index (χ0) is 18.6. The molecule has 0 unspecified atom stereocenters. The number of hydrogen-bond acceptors (Lipinski definition) is 3. The minimum atomic E-state index is -3.74. The van der Waals surface area contributed by atoms with Gasteiger partial charge in [-0.25, -0.2) is 12.8 Å². The molecule has 0 amide bonds. The number of nitrogens with zero attached hydrogens (tertiary/aromatic N) is 1. The van der Waals surface area contributed by atoms with E-state index in [0.717, 1.165) is 25.4 Å². The lowest BCUT2D eigenvalue weighted by molar-refractivity contribution is -0.901. The molecular formula is C19H24FN2O2S2+. The number of sulfonamides is 1. The minimum absolute atomic E-state index is 0.224. The highest BCUT2D eigenvalue weighted by Gasteiger charge is 2.31. The molecule has 140 valence electrons. The maximum atomic E-state index is 13.9. The van der Waals surface area contributed by atoms with Crippen molar-refractivity contribution in [1.29, 1.82) is 0 Å². The average molecular weight is 396 g/mol. The van der Waals surface area contributed by atoms with Crippen molar-refractivity contribution in [1.82, 2.24) is 4.31 Å². The largest absolute Gasteiger partial charge is 0.332 e. The van der Waals surface area contributed by atoms with Crippen LogP contribution in [0.15, 0.2) is 58.3 Å². The summed E-state index contributed by atoms with van der Waals surface area (Å²) in [6.45, 7) is 5.44. The molecule has 2 aromatic rings. The summed E-state index contributed by atoms with van der Waals surface area (Å²) < 4.78 is 40.5. The van der Waals surface area contributed by atoms with E-state index in [2.05, 4.69) is 31.2 Å². The van der Waals surface area contributed by atoms with E-state index < -0.39 is 15.8 Å². The molecule has 7 heteroatoms. The first kappa shape index (κ1) is 19.4. The Labute approximate surface area is 159 Å². The molecule has 1 fully saturated rings. The Hall–Kier alpha value is -1.41. The monoisotopic (exact) mass is 395 g/mol. The van der Waals surface area contributed by atoms with Crippen LogP contribution in [0.4, 0.5) is 4.39 Å².